The summed E-state index contributed by atoms with van der Waals surface area (Å²) in [5.74, 6) is 4.65. The Morgan fingerprint density at radius 3 is 2.80 bits per heavy atom. The van der Waals surface area contributed by atoms with E-state index in [2.05, 4.69) is 27.5 Å². The van der Waals surface area contributed by atoms with Crippen LogP contribution in [0.5, 0.6) is 0 Å². The van der Waals surface area contributed by atoms with Crippen LogP contribution in [0, 0.1) is 17.8 Å². The molecule has 0 unspecified atom stereocenters. The Morgan fingerprint density at radius 1 is 1.24 bits per heavy atom. The molecule has 3 aliphatic rings. The minimum atomic E-state index is -0.229. The van der Waals surface area contributed by atoms with Gasteiger partial charge in [-0.25, -0.2) is 4.68 Å². The molecule has 1 N–H and O–H groups in total. The molecule has 0 spiro atoms. The summed E-state index contributed by atoms with van der Waals surface area (Å²) in [5.41, 5.74) is -0.229. The summed E-state index contributed by atoms with van der Waals surface area (Å²) < 4.78 is 1.28. The van der Waals surface area contributed by atoms with E-state index in [9.17, 15) is 9.59 Å². The van der Waals surface area contributed by atoms with Crippen LogP contribution in [0.25, 0.3) is 0 Å². The predicted octanol–water partition coefficient (Wildman–Crippen LogP) is 1.12. The first-order chi connectivity index (χ1) is 12.2. The molecule has 25 heavy (non-hydrogen) atoms. The summed E-state index contributed by atoms with van der Waals surface area (Å²) in [7, 11) is 0. The van der Waals surface area contributed by atoms with Crippen molar-refractivity contribution in [2.45, 2.75) is 19.4 Å². The lowest BCUT2D eigenvalue weighted by Crippen LogP contribution is -2.38. The summed E-state index contributed by atoms with van der Waals surface area (Å²) in [6.07, 6.45) is 6.99. The topological polar surface area (TPSA) is 67.2 Å². The van der Waals surface area contributed by atoms with E-state index in [-0.39, 0.29) is 18.0 Å². The molecule has 1 aromatic heterocycles. The van der Waals surface area contributed by atoms with Crippen LogP contribution < -0.4 is 15.8 Å². The van der Waals surface area contributed by atoms with Gasteiger partial charge in [0.05, 0.1) is 0 Å². The minimum Gasteiger partial charge on any atom is -0.354 e. The number of rotatable bonds is 5. The highest BCUT2D eigenvalue weighted by molar-refractivity contribution is 7.99. The molecular weight excluding hydrogens is 336 g/mol. The van der Waals surface area contributed by atoms with Crippen molar-refractivity contribution in [3.63, 3.8) is 0 Å². The summed E-state index contributed by atoms with van der Waals surface area (Å²) >= 11 is 1.93. The molecule has 3 atom stereocenters. The van der Waals surface area contributed by atoms with Gasteiger partial charge in [0, 0.05) is 37.2 Å². The second kappa shape index (κ2) is 7.23. The number of anilines is 1. The number of amides is 1. The zero-order chi connectivity index (χ0) is 17.2. The molecule has 0 aromatic carbocycles. The van der Waals surface area contributed by atoms with Crippen LogP contribution in [0.1, 0.15) is 12.8 Å². The first-order valence-corrected chi connectivity index (χ1v) is 10.2. The molecule has 4 rings (SSSR count). The average molecular weight is 360 g/mol. The van der Waals surface area contributed by atoms with Gasteiger partial charge in [0.25, 0.3) is 5.56 Å². The van der Waals surface area contributed by atoms with Gasteiger partial charge in [-0.1, -0.05) is 12.2 Å². The van der Waals surface area contributed by atoms with Crippen LogP contribution in [-0.4, -0.2) is 46.8 Å². The molecule has 2 aliphatic carbocycles. The number of allylic oxidation sites excluding steroid dienone is 2. The fraction of sp³-hybridized carbons (Fsp3) is 0.611. The normalized spacial score (nSPS) is 27.7. The Morgan fingerprint density at radius 2 is 2.08 bits per heavy atom. The van der Waals surface area contributed by atoms with Gasteiger partial charge in [-0.15, -0.1) is 0 Å². The molecule has 6 nitrogen and oxygen atoms in total. The maximum Gasteiger partial charge on any atom is 0.267 e. The summed E-state index contributed by atoms with van der Waals surface area (Å²) in [6.45, 7) is 2.55. The highest BCUT2D eigenvalue weighted by Crippen LogP contribution is 2.42. The predicted molar refractivity (Wildman–Crippen MR) is 99.9 cm³/mol. The molecule has 1 saturated heterocycles. The second-order valence-electron chi connectivity index (χ2n) is 7.13. The Hall–Kier alpha value is -1.76. The van der Waals surface area contributed by atoms with Crippen molar-refractivity contribution < 1.29 is 4.79 Å². The number of hydrogen-bond donors (Lipinski definition) is 1. The molecule has 0 radical (unpaired) electrons. The third kappa shape index (κ3) is 3.76. The Bertz CT molecular complexity index is 726. The highest BCUT2D eigenvalue weighted by Gasteiger charge is 2.35. The second-order valence-corrected chi connectivity index (χ2v) is 8.36. The molecule has 7 heteroatoms. The van der Waals surface area contributed by atoms with Crippen LogP contribution in [0.4, 0.5) is 5.82 Å². The van der Waals surface area contributed by atoms with Gasteiger partial charge in [-0.2, -0.15) is 16.9 Å². The van der Waals surface area contributed by atoms with Crippen LogP contribution in [0.15, 0.2) is 29.1 Å². The van der Waals surface area contributed by atoms with Gasteiger partial charge < -0.3 is 10.2 Å². The highest BCUT2D eigenvalue weighted by atomic mass is 32.2. The van der Waals surface area contributed by atoms with Crippen LogP contribution in [0.2, 0.25) is 0 Å². The summed E-state index contributed by atoms with van der Waals surface area (Å²) in [5, 5.41) is 7.40. The largest absolute Gasteiger partial charge is 0.354 e. The number of hydrogen-bond acceptors (Lipinski definition) is 5. The molecule has 1 amide bonds. The van der Waals surface area contributed by atoms with Crippen LogP contribution in [-0.2, 0) is 11.3 Å². The smallest absolute Gasteiger partial charge is 0.267 e. The first-order valence-electron chi connectivity index (χ1n) is 9.05. The van der Waals surface area contributed by atoms with Crippen molar-refractivity contribution >= 4 is 23.5 Å². The van der Waals surface area contributed by atoms with E-state index in [0.29, 0.717) is 24.3 Å². The molecule has 1 aromatic rings. The van der Waals surface area contributed by atoms with Crippen molar-refractivity contribution in [2.75, 3.05) is 36.0 Å². The first kappa shape index (κ1) is 16.7. The van der Waals surface area contributed by atoms with Crippen molar-refractivity contribution in [1.29, 1.82) is 0 Å². The molecule has 2 heterocycles. The Balaban J connectivity index is 1.35. The number of carbonyl (C=O) groups excluding carboxylic acids is 1. The molecule has 2 bridgehead atoms. The lowest BCUT2D eigenvalue weighted by Gasteiger charge is -2.27. The number of fused-ring (bicyclic) bond motifs is 2. The quantitative estimate of drug-likeness (QED) is 0.797. The van der Waals surface area contributed by atoms with Crippen molar-refractivity contribution in [3.8, 4) is 0 Å². The summed E-state index contributed by atoms with van der Waals surface area (Å²) in [4.78, 5) is 26.5. The zero-order valence-electron chi connectivity index (χ0n) is 14.3. The van der Waals surface area contributed by atoms with E-state index < -0.39 is 0 Å². The van der Waals surface area contributed by atoms with Gasteiger partial charge >= 0.3 is 0 Å². The third-order valence-electron chi connectivity index (χ3n) is 5.46. The van der Waals surface area contributed by atoms with E-state index in [1.807, 2.05) is 11.8 Å². The molecule has 134 valence electrons. The number of aromatic nitrogens is 2. The average Bonchev–Trinajstić information content (AvgIpc) is 3.26. The number of nitrogens with zero attached hydrogens (tertiary/aromatic N) is 3. The van der Waals surface area contributed by atoms with Crippen molar-refractivity contribution in [2.24, 2.45) is 17.8 Å². The monoisotopic (exact) mass is 360 g/mol. The maximum atomic E-state index is 12.3. The van der Waals surface area contributed by atoms with Crippen molar-refractivity contribution in [1.82, 2.24) is 15.1 Å². The van der Waals surface area contributed by atoms with E-state index in [1.54, 1.807) is 6.07 Å². The summed E-state index contributed by atoms with van der Waals surface area (Å²) in [6, 6.07) is 3.27. The van der Waals surface area contributed by atoms with E-state index in [1.165, 1.54) is 23.6 Å². The molecule has 1 aliphatic heterocycles. The van der Waals surface area contributed by atoms with Gasteiger partial charge in [0.15, 0.2) is 0 Å². The van der Waals surface area contributed by atoms with E-state index in [4.69, 9.17) is 0 Å². The van der Waals surface area contributed by atoms with Gasteiger partial charge in [-0.3, -0.25) is 9.59 Å². The van der Waals surface area contributed by atoms with Crippen LogP contribution in [0.3, 0.4) is 0 Å². The maximum absolute atomic E-state index is 12.3. The number of thioether (sulfide) groups is 1. The van der Waals surface area contributed by atoms with Crippen molar-refractivity contribution in [3.05, 3.63) is 34.6 Å². The van der Waals surface area contributed by atoms with Crippen LogP contribution >= 0.6 is 11.8 Å². The lowest BCUT2D eigenvalue weighted by molar-refractivity contribution is -0.122. The minimum absolute atomic E-state index is 0.00802. The Labute approximate surface area is 151 Å². The molecule has 1 saturated carbocycles. The van der Waals surface area contributed by atoms with E-state index >= 15 is 0 Å². The van der Waals surface area contributed by atoms with E-state index in [0.717, 1.165) is 30.4 Å². The van der Waals surface area contributed by atoms with Gasteiger partial charge in [0.1, 0.15) is 12.4 Å². The number of carbonyl (C=O) groups is 1. The number of nitrogens with one attached hydrogen (secondary N) is 1. The zero-order valence-corrected chi connectivity index (χ0v) is 15.1. The molecule has 2 fully saturated rings. The standard InChI is InChI=1S/C18H24N4O2S/c23-17(19-11-15-10-13-1-2-14(15)9-13)12-22-18(24)4-3-16(20-22)21-5-7-25-8-6-21/h1-4,13-15H,5-12H2,(H,19,23)/t13-,14-,15+/m0/s1. The Kier molecular flexibility index (Phi) is 4.83. The fourth-order valence-corrected chi connectivity index (χ4v) is 4.98. The SMILES string of the molecule is O=C(Cn1nc(N2CCSCC2)ccc1=O)NC[C@H]1C[C@H]2C=C[C@H]1C2. The molecular formula is C18H24N4O2S. The van der Waals surface area contributed by atoms with Gasteiger partial charge in [0.2, 0.25) is 5.91 Å². The van der Waals surface area contributed by atoms with Gasteiger partial charge in [-0.05, 0) is 36.7 Å². The third-order valence-corrected chi connectivity index (χ3v) is 6.40. The lowest BCUT2D eigenvalue weighted by atomic mass is 9.94. The fourth-order valence-electron chi connectivity index (χ4n) is 4.08.